The molecule has 0 heterocycles. The Balaban J connectivity index is 1.66. The molecule has 1 aromatic carbocycles. The van der Waals surface area contributed by atoms with Crippen LogP contribution in [0.15, 0.2) is 27.7 Å². The fourth-order valence-corrected chi connectivity index (χ4v) is 6.26. The first kappa shape index (κ1) is 17.1. The fourth-order valence-electron chi connectivity index (χ4n) is 5.88. The molecule has 5 rings (SSSR count). The predicted octanol–water partition coefficient (Wildman–Crippen LogP) is 4.33. The van der Waals surface area contributed by atoms with Crippen LogP contribution >= 0.6 is 15.9 Å². The quantitative estimate of drug-likeness (QED) is 0.598. The van der Waals surface area contributed by atoms with E-state index < -0.39 is 6.04 Å². The minimum absolute atomic E-state index is 0.0556. The summed E-state index contributed by atoms with van der Waals surface area (Å²) in [5.74, 6) is 2.16. The van der Waals surface area contributed by atoms with E-state index in [0.717, 1.165) is 41.5 Å². The number of hydrogen-bond acceptors (Lipinski definition) is 4. The van der Waals surface area contributed by atoms with E-state index in [9.17, 15) is 9.90 Å². The van der Waals surface area contributed by atoms with Crippen molar-refractivity contribution in [2.75, 3.05) is 7.11 Å². The summed E-state index contributed by atoms with van der Waals surface area (Å²) in [7, 11) is 1.45. The molecule has 4 aliphatic carbocycles. The number of ether oxygens (including phenoxy) is 1. The predicted molar refractivity (Wildman–Crippen MR) is 99.8 cm³/mol. The molecule has 134 valence electrons. The molecule has 0 spiro atoms. The molecule has 0 radical (unpaired) electrons. The third kappa shape index (κ3) is 3.12. The van der Waals surface area contributed by atoms with Gasteiger partial charge in [-0.2, -0.15) is 0 Å². The molecular formula is C20H24BrNO3. The van der Waals surface area contributed by atoms with Crippen LogP contribution in [0.2, 0.25) is 0 Å². The van der Waals surface area contributed by atoms with Crippen molar-refractivity contribution in [3.05, 3.63) is 28.2 Å². The molecule has 0 aromatic heterocycles. The molecule has 4 nitrogen and oxygen atoms in total. The zero-order chi connectivity index (χ0) is 17.6. The number of phenols is 1. The van der Waals surface area contributed by atoms with E-state index in [1.54, 1.807) is 18.3 Å². The maximum Gasteiger partial charge on any atom is 0.331 e. The molecule has 0 amide bonds. The average Bonchev–Trinajstić information content (AvgIpc) is 2.56. The minimum Gasteiger partial charge on any atom is -0.507 e. The summed E-state index contributed by atoms with van der Waals surface area (Å²) in [5, 5.41) is 10.0. The minimum atomic E-state index is -0.468. The number of nitrogens with zero attached hydrogens (tertiary/aromatic N) is 1. The second-order valence-electron chi connectivity index (χ2n) is 8.19. The van der Waals surface area contributed by atoms with E-state index in [1.807, 2.05) is 6.07 Å². The molecule has 4 saturated carbocycles. The van der Waals surface area contributed by atoms with Gasteiger partial charge in [0, 0.05) is 21.7 Å². The summed E-state index contributed by atoms with van der Waals surface area (Å²) in [6, 6.07) is 4.75. The smallest absolute Gasteiger partial charge is 0.331 e. The molecule has 4 bridgehead atoms. The first-order valence-electron chi connectivity index (χ1n) is 9.08. The lowest BCUT2D eigenvalue weighted by atomic mass is 9.47. The highest BCUT2D eigenvalue weighted by atomic mass is 79.9. The molecule has 4 aliphatic rings. The summed E-state index contributed by atoms with van der Waals surface area (Å²) in [5.41, 5.74) is 0.563. The van der Waals surface area contributed by atoms with E-state index >= 15 is 0 Å². The summed E-state index contributed by atoms with van der Waals surface area (Å²) >= 11 is 3.41. The Morgan fingerprint density at radius 2 is 1.88 bits per heavy atom. The highest BCUT2D eigenvalue weighted by molar-refractivity contribution is 9.10. The highest BCUT2D eigenvalue weighted by Crippen LogP contribution is 2.61. The molecule has 5 heteroatoms. The maximum absolute atomic E-state index is 12.6. The summed E-state index contributed by atoms with van der Waals surface area (Å²) in [6.45, 7) is 0. The van der Waals surface area contributed by atoms with Crippen molar-refractivity contribution in [3.8, 4) is 5.75 Å². The van der Waals surface area contributed by atoms with Crippen molar-refractivity contribution in [1.29, 1.82) is 0 Å². The standard InChI is InChI=1S/C20H24BrNO3/c1-25-19(24)18(22-11-15-7-16(21)2-3-17(15)23)20-8-12-4-13(9-20)6-14(5-12)10-20/h2-3,7,11-14,18,23H,4-6,8-10H2,1H3/t12?,13?,14?,18-,20?/m1/s1. The van der Waals surface area contributed by atoms with Gasteiger partial charge < -0.3 is 9.84 Å². The molecule has 1 atom stereocenters. The summed E-state index contributed by atoms with van der Waals surface area (Å²) in [6.07, 6.45) is 8.86. The first-order chi connectivity index (χ1) is 12.0. The summed E-state index contributed by atoms with van der Waals surface area (Å²) in [4.78, 5) is 17.3. The SMILES string of the molecule is COC(=O)[C@@H](N=Cc1cc(Br)ccc1O)C12CC3CC(CC(C3)C1)C2. The van der Waals surface area contributed by atoms with Crippen molar-refractivity contribution in [2.45, 2.75) is 44.6 Å². The van der Waals surface area contributed by atoms with Crippen molar-refractivity contribution in [3.63, 3.8) is 0 Å². The number of hydrogen-bond donors (Lipinski definition) is 1. The van der Waals surface area contributed by atoms with Crippen LogP contribution in [0.3, 0.4) is 0 Å². The Hall–Kier alpha value is -1.36. The second kappa shape index (κ2) is 6.42. The Morgan fingerprint density at radius 1 is 1.28 bits per heavy atom. The molecule has 25 heavy (non-hydrogen) atoms. The lowest BCUT2D eigenvalue weighted by Crippen LogP contribution is -2.53. The van der Waals surface area contributed by atoms with Gasteiger partial charge in [0.2, 0.25) is 0 Å². The van der Waals surface area contributed by atoms with Crippen LogP contribution in [0, 0.1) is 23.2 Å². The third-order valence-electron chi connectivity index (χ3n) is 6.44. The Labute approximate surface area is 156 Å². The lowest BCUT2D eigenvalue weighted by Gasteiger charge is -2.58. The van der Waals surface area contributed by atoms with Gasteiger partial charge in [-0.25, -0.2) is 4.79 Å². The number of aliphatic imine (C=N–C) groups is 1. The number of aromatic hydroxyl groups is 1. The molecule has 1 aromatic rings. The van der Waals surface area contributed by atoms with Crippen molar-refractivity contribution in [2.24, 2.45) is 28.2 Å². The number of halogens is 1. The number of rotatable bonds is 4. The Morgan fingerprint density at radius 3 is 2.44 bits per heavy atom. The second-order valence-corrected chi connectivity index (χ2v) is 9.10. The number of benzene rings is 1. The van der Waals surface area contributed by atoms with Gasteiger partial charge in [0.25, 0.3) is 0 Å². The molecule has 0 aliphatic heterocycles. The zero-order valence-electron chi connectivity index (χ0n) is 14.5. The van der Waals surface area contributed by atoms with Gasteiger partial charge in [-0.05, 0) is 74.5 Å². The van der Waals surface area contributed by atoms with E-state index in [0.29, 0.717) is 5.56 Å². The molecule has 0 unspecified atom stereocenters. The number of esters is 1. The van der Waals surface area contributed by atoms with E-state index in [-0.39, 0.29) is 17.1 Å². The molecular weight excluding hydrogens is 382 g/mol. The van der Waals surface area contributed by atoms with Gasteiger partial charge >= 0.3 is 5.97 Å². The number of carbonyl (C=O) groups excluding carboxylic acids is 1. The first-order valence-corrected chi connectivity index (χ1v) is 9.88. The van der Waals surface area contributed by atoms with E-state index in [2.05, 4.69) is 20.9 Å². The topological polar surface area (TPSA) is 58.9 Å². The monoisotopic (exact) mass is 405 g/mol. The molecule has 1 N–H and O–H groups in total. The third-order valence-corrected chi connectivity index (χ3v) is 6.94. The molecule has 0 saturated heterocycles. The zero-order valence-corrected chi connectivity index (χ0v) is 16.0. The number of methoxy groups -OCH3 is 1. The Bertz CT molecular complexity index is 680. The van der Waals surface area contributed by atoms with Gasteiger partial charge in [-0.1, -0.05) is 15.9 Å². The molecule has 4 fully saturated rings. The van der Waals surface area contributed by atoms with Crippen molar-refractivity contribution in [1.82, 2.24) is 0 Å². The van der Waals surface area contributed by atoms with E-state index in [4.69, 9.17) is 4.74 Å². The van der Waals surface area contributed by atoms with Crippen molar-refractivity contribution >= 4 is 28.1 Å². The van der Waals surface area contributed by atoms with Gasteiger partial charge in [-0.15, -0.1) is 0 Å². The van der Waals surface area contributed by atoms with Gasteiger partial charge in [0.1, 0.15) is 5.75 Å². The van der Waals surface area contributed by atoms with Gasteiger partial charge in [-0.3, -0.25) is 4.99 Å². The highest BCUT2D eigenvalue weighted by Gasteiger charge is 2.56. The Kier molecular flexibility index (Phi) is 4.38. The van der Waals surface area contributed by atoms with Crippen LogP contribution in [0.1, 0.15) is 44.1 Å². The largest absolute Gasteiger partial charge is 0.507 e. The van der Waals surface area contributed by atoms with E-state index in [1.165, 1.54) is 26.4 Å². The normalized spacial score (nSPS) is 34.4. The fraction of sp³-hybridized carbons (Fsp3) is 0.600. The van der Waals surface area contributed by atoms with Crippen LogP contribution in [0.5, 0.6) is 5.75 Å². The summed E-state index contributed by atoms with van der Waals surface area (Å²) < 4.78 is 5.99. The van der Waals surface area contributed by atoms with Crippen LogP contribution in [-0.4, -0.2) is 30.4 Å². The number of phenolic OH excluding ortho intramolecular Hbond substituents is 1. The maximum atomic E-state index is 12.6. The lowest BCUT2D eigenvalue weighted by molar-refractivity contribution is -0.152. The van der Waals surface area contributed by atoms with Crippen molar-refractivity contribution < 1.29 is 14.6 Å². The number of carbonyl (C=O) groups is 1. The van der Waals surface area contributed by atoms with Crippen LogP contribution in [-0.2, 0) is 9.53 Å². The van der Waals surface area contributed by atoms with Crippen LogP contribution in [0.4, 0.5) is 0 Å². The van der Waals surface area contributed by atoms with Gasteiger partial charge in [0.05, 0.1) is 7.11 Å². The average molecular weight is 406 g/mol. The van der Waals surface area contributed by atoms with Crippen LogP contribution < -0.4 is 0 Å². The van der Waals surface area contributed by atoms with Gasteiger partial charge in [0.15, 0.2) is 6.04 Å². The van der Waals surface area contributed by atoms with Crippen LogP contribution in [0.25, 0.3) is 0 Å².